The van der Waals surface area contributed by atoms with Gasteiger partial charge in [0.1, 0.15) is 0 Å². The van der Waals surface area contributed by atoms with Crippen LogP contribution in [-0.4, -0.2) is 30.4 Å². The number of benzene rings is 2. The van der Waals surface area contributed by atoms with Gasteiger partial charge in [0.2, 0.25) is 0 Å². The number of nitrogens with one attached hydrogen (secondary N) is 2. The summed E-state index contributed by atoms with van der Waals surface area (Å²) < 4.78 is 11.5. The topological polar surface area (TPSA) is 98.0 Å². The van der Waals surface area contributed by atoms with E-state index in [9.17, 15) is 4.79 Å². The summed E-state index contributed by atoms with van der Waals surface area (Å²) in [5, 5.41) is 6.99. The van der Waals surface area contributed by atoms with Crippen LogP contribution < -0.4 is 25.9 Å². The van der Waals surface area contributed by atoms with Crippen molar-refractivity contribution in [2.75, 3.05) is 18.5 Å². The molecule has 4 fully saturated rings. The molecule has 0 unspecified atom stereocenters. The van der Waals surface area contributed by atoms with Gasteiger partial charge in [0.05, 0.1) is 12.8 Å². The van der Waals surface area contributed by atoms with Crippen LogP contribution in [-0.2, 0) is 10.2 Å². The molecule has 4 aliphatic rings. The number of nitrogens with two attached hydrogens (primary N) is 1. The highest BCUT2D eigenvalue weighted by Crippen LogP contribution is 2.60. The van der Waals surface area contributed by atoms with Crippen molar-refractivity contribution in [1.82, 2.24) is 5.43 Å². The minimum absolute atomic E-state index is 0.0876. The predicted molar refractivity (Wildman–Crippen MR) is 146 cm³/mol. The molecular weight excluding hydrogens is 472 g/mol. The summed E-state index contributed by atoms with van der Waals surface area (Å²) in [5.74, 6) is 3.55. The molecule has 8 heteroatoms. The number of carbonyl (C=O) groups is 1. The fraction of sp³-hybridized carbons (Fsp3) is 0.464. The molecule has 0 atom stereocenters. The normalized spacial score (nSPS) is 26.1. The van der Waals surface area contributed by atoms with Crippen molar-refractivity contribution >= 4 is 35.1 Å². The van der Waals surface area contributed by atoms with E-state index in [0.29, 0.717) is 23.5 Å². The minimum Gasteiger partial charge on any atom is -0.490 e. The first kappa shape index (κ1) is 24.6. The van der Waals surface area contributed by atoms with Gasteiger partial charge in [-0.2, -0.15) is 5.10 Å². The van der Waals surface area contributed by atoms with E-state index in [1.165, 1.54) is 44.1 Å². The molecule has 36 heavy (non-hydrogen) atoms. The van der Waals surface area contributed by atoms with Crippen LogP contribution in [0.1, 0.15) is 56.6 Å². The lowest BCUT2D eigenvalue weighted by Gasteiger charge is -2.57. The molecule has 4 bridgehead atoms. The fourth-order valence-corrected chi connectivity index (χ4v) is 6.93. The fourth-order valence-electron chi connectivity index (χ4n) is 6.87. The van der Waals surface area contributed by atoms with Gasteiger partial charge in [0.15, 0.2) is 23.2 Å². The highest BCUT2D eigenvalue weighted by Gasteiger charge is 2.51. The van der Waals surface area contributed by atoms with Gasteiger partial charge in [0.25, 0.3) is 5.91 Å². The molecule has 2 aromatic rings. The molecule has 4 N–H and O–H groups in total. The Kier molecular flexibility index (Phi) is 7.14. The number of hydrogen-bond acceptors (Lipinski definition) is 5. The molecule has 6 rings (SSSR count). The summed E-state index contributed by atoms with van der Waals surface area (Å²) in [6, 6.07) is 13.9. The molecule has 0 radical (unpaired) electrons. The average molecular weight is 507 g/mol. The van der Waals surface area contributed by atoms with Gasteiger partial charge in [-0.1, -0.05) is 12.1 Å². The second kappa shape index (κ2) is 10.5. The first-order valence-electron chi connectivity index (χ1n) is 12.8. The Morgan fingerprint density at radius 1 is 1.06 bits per heavy atom. The van der Waals surface area contributed by atoms with Gasteiger partial charge < -0.3 is 20.5 Å². The second-order valence-corrected chi connectivity index (χ2v) is 10.9. The molecular formula is C28H34N4O3S. The van der Waals surface area contributed by atoms with Crippen LogP contribution in [0.5, 0.6) is 11.5 Å². The zero-order valence-corrected chi connectivity index (χ0v) is 21.5. The molecule has 0 heterocycles. The van der Waals surface area contributed by atoms with E-state index >= 15 is 0 Å². The van der Waals surface area contributed by atoms with E-state index < -0.39 is 0 Å². The third-order valence-corrected chi connectivity index (χ3v) is 7.93. The lowest BCUT2D eigenvalue weighted by atomic mass is 9.48. The predicted octanol–water partition coefficient (Wildman–Crippen LogP) is 4.74. The molecule has 4 aliphatic carbocycles. The molecule has 0 saturated heterocycles. The zero-order valence-electron chi connectivity index (χ0n) is 20.7. The lowest BCUT2D eigenvalue weighted by Crippen LogP contribution is -2.48. The molecule has 0 aliphatic heterocycles. The van der Waals surface area contributed by atoms with E-state index in [1.807, 2.05) is 25.1 Å². The van der Waals surface area contributed by atoms with Gasteiger partial charge >= 0.3 is 0 Å². The van der Waals surface area contributed by atoms with Crippen molar-refractivity contribution in [3.8, 4) is 11.5 Å². The first-order chi connectivity index (χ1) is 17.4. The Labute approximate surface area is 217 Å². The van der Waals surface area contributed by atoms with Crippen LogP contribution >= 0.6 is 12.2 Å². The van der Waals surface area contributed by atoms with E-state index in [2.05, 4.69) is 28.0 Å². The van der Waals surface area contributed by atoms with Gasteiger partial charge in [-0.25, -0.2) is 0 Å². The number of thiocarbonyl (C=S) groups is 1. The Hall–Kier alpha value is -3.13. The number of amides is 1. The summed E-state index contributed by atoms with van der Waals surface area (Å²) in [6.07, 6.45) is 9.90. The van der Waals surface area contributed by atoms with E-state index in [0.717, 1.165) is 29.0 Å². The van der Waals surface area contributed by atoms with Crippen LogP contribution in [0.15, 0.2) is 47.6 Å². The Morgan fingerprint density at radius 2 is 1.72 bits per heavy atom. The Morgan fingerprint density at radius 3 is 2.33 bits per heavy atom. The van der Waals surface area contributed by atoms with Gasteiger partial charge in [-0.05, 0) is 122 Å². The van der Waals surface area contributed by atoms with Crippen LogP contribution in [0.2, 0.25) is 0 Å². The molecule has 7 nitrogen and oxygen atoms in total. The van der Waals surface area contributed by atoms with Crippen molar-refractivity contribution in [1.29, 1.82) is 0 Å². The van der Waals surface area contributed by atoms with Gasteiger partial charge in [-0.3, -0.25) is 10.2 Å². The van der Waals surface area contributed by atoms with E-state index in [1.54, 1.807) is 18.3 Å². The van der Waals surface area contributed by atoms with Crippen molar-refractivity contribution in [3.05, 3.63) is 53.6 Å². The Balaban J connectivity index is 1.18. The summed E-state index contributed by atoms with van der Waals surface area (Å²) in [4.78, 5) is 12.6. The highest BCUT2D eigenvalue weighted by atomic mass is 32.1. The highest BCUT2D eigenvalue weighted by molar-refractivity contribution is 7.80. The van der Waals surface area contributed by atoms with Crippen LogP contribution in [0.4, 0.5) is 5.69 Å². The summed E-state index contributed by atoms with van der Waals surface area (Å²) in [7, 11) is 0. The number of nitrogens with zero attached hydrogens (tertiary/aromatic N) is 1. The maximum atomic E-state index is 12.6. The molecule has 0 aromatic heterocycles. The van der Waals surface area contributed by atoms with Gasteiger partial charge in [-0.15, -0.1) is 0 Å². The quantitative estimate of drug-likeness (QED) is 0.258. The number of carbonyl (C=O) groups excluding carboxylic acids is 1. The molecule has 1 amide bonds. The third kappa shape index (κ3) is 5.48. The monoisotopic (exact) mass is 506 g/mol. The first-order valence-corrected chi connectivity index (χ1v) is 13.2. The van der Waals surface area contributed by atoms with Crippen molar-refractivity contribution in [3.63, 3.8) is 0 Å². The van der Waals surface area contributed by atoms with Crippen molar-refractivity contribution in [2.45, 2.75) is 50.9 Å². The third-order valence-electron chi connectivity index (χ3n) is 7.83. The molecule has 2 aromatic carbocycles. The number of ether oxygens (including phenoxy) is 2. The smallest absolute Gasteiger partial charge is 0.262 e. The van der Waals surface area contributed by atoms with E-state index in [4.69, 9.17) is 27.4 Å². The Bertz CT molecular complexity index is 1110. The maximum absolute atomic E-state index is 12.6. The lowest BCUT2D eigenvalue weighted by molar-refractivity contribution is -0.118. The molecule has 0 spiro atoms. The largest absolute Gasteiger partial charge is 0.490 e. The van der Waals surface area contributed by atoms with Crippen LogP contribution in [0, 0.1) is 17.8 Å². The minimum atomic E-state index is -0.216. The number of anilines is 1. The second-order valence-electron chi connectivity index (χ2n) is 10.5. The van der Waals surface area contributed by atoms with E-state index in [-0.39, 0.29) is 17.6 Å². The summed E-state index contributed by atoms with van der Waals surface area (Å²) in [6.45, 7) is 2.23. The summed E-state index contributed by atoms with van der Waals surface area (Å²) in [5.41, 5.74) is 11.3. The standard InChI is InChI=1S/C28H34N4O3S/c1-2-34-25-12-18(16-30-32-27(29)36)3-8-24(25)35-17-26(33)31-23-6-4-22(5-7-23)28-13-19-9-20(14-28)11-21(10-19)15-28/h3-8,12,16,19-21H,2,9-11,13-15,17H2,1H3,(H,31,33)(H3,29,32,36)/b30-16-. The number of rotatable bonds is 9. The van der Waals surface area contributed by atoms with Crippen LogP contribution in [0.25, 0.3) is 0 Å². The van der Waals surface area contributed by atoms with Crippen LogP contribution in [0.3, 0.4) is 0 Å². The maximum Gasteiger partial charge on any atom is 0.262 e. The SMILES string of the molecule is CCOc1cc(/C=N\NC(N)=S)ccc1OCC(=O)Nc1ccc(C23CC4CC(CC(C4)C2)C3)cc1. The number of hydrazone groups is 1. The summed E-state index contributed by atoms with van der Waals surface area (Å²) >= 11 is 4.73. The van der Waals surface area contributed by atoms with Gasteiger partial charge in [0, 0.05) is 5.69 Å². The molecule has 190 valence electrons. The molecule has 4 saturated carbocycles. The zero-order chi connectivity index (χ0) is 25.1. The average Bonchev–Trinajstić information content (AvgIpc) is 2.83. The number of hydrogen-bond donors (Lipinski definition) is 3. The van der Waals surface area contributed by atoms with Crippen molar-refractivity contribution in [2.24, 2.45) is 28.6 Å². The van der Waals surface area contributed by atoms with Crippen molar-refractivity contribution < 1.29 is 14.3 Å².